The van der Waals surface area contributed by atoms with Crippen LogP contribution in [0.4, 0.5) is 0 Å². The topological polar surface area (TPSA) is 67.6 Å². The van der Waals surface area contributed by atoms with Crippen molar-refractivity contribution in [2.24, 2.45) is 5.92 Å². The molecule has 0 spiro atoms. The second-order valence-electron chi connectivity index (χ2n) is 6.23. The molecule has 1 amide bonds. The third-order valence-corrected chi connectivity index (χ3v) is 4.65. The van der Waals surface area contributed by atoms with E-state index in [0.29, 0.717) is 26.1 Å². The van der Waals surface area contributed by atoms with E-state index >= 15 is 0 Å². The molecular weight excluding hydrogens is 318 g/mol. The minimum absolute atomic E-state index is 0.0195. The van der Waals surface area contributed by atoms with Gasteiger partial charge in [-0.05, 0) is 18.9 Å². The van der Waals surface area contributed by atoms with Gasteiger partial charge in [-0.25, -0.2) is 4.98 Å². The van der Waals surface area contributed by atoms with Crippen molar-refractivity contribution in [2.75, 3.05) is 19.8 Å². The summed E-state index contributed by atoms with van der Waals surface area (Å²) in [7, 11) is 0. The molecule has 6 heteroatoms. The van der Waals surface area contributed by atoms with E-state index in [1.165, 1.54) is 0 Å². The van der Waals surface area contributed by atoms with Crippen LogP contribution in [0, 0.1) is 5.92 Å². The van der Waals surface area contributed by atoms with Crippen molar-refractivity contribution in [1.82, 2.24) is 14.5 Å². The lowest BCUT2D eigenvalue weighted by Crippen LogP contribution is -2.39. The van der Waals surface area contributed by atoms with Crippen LogP contribution in [0.3, 0.4) is 0 Å². The van der Waals surface area contributed by atoms with Gasteiger partial charge in [-0.1, -0.05) is 30.3 Å². The van der Waals surface area contributed by atoms with Gasteiger partial charge in [0.25, 0.3) is 0 Å². The molecule has 3 rings (SSSR count). The maximum atomic E-state index is 13.1. The molecule has 1 aromatic heterocycles. The molecule has 2 heterocycles. The van der Waals surface area contributed by atoms with Crippen LogP contribution < -0.4 is 0 Å². The van der Waals surface area contributed by atoms with Crippen LogP contribution in [0.25, 0.3) is 0 Å². The van der Waals surface area contributed by atoms with Gasteiger partial charge >= 0.3 is 0 Å². The summed E-state index contributed by atoms with van der Waals surface area (Å²) in [5, 5.41) is 9.40. The molecule has 1 fully saturated rings. The Morgan fingerprint density at radius 2 is 2.20 bits per heavy atom. The summed E-state index contributed by atoms with van der Waals surface area (Å²) in [5.74, 6) is 0.566. The number of aromatic nitrogens is 2. The molecule has 0 bridgehead atoms. The molecule has 25 heavy (non-hydrogen) atoms. The first-order valence-electron chi connectivity index (χ1n) is 8.80. The Balaban J connectivity index is 1.78. The van der Waals surface area contributed by atoms with E-state index in [2.05, 4.69) is 4.98 Å². The zero-order valence-electron chi connectivity index (χ0n) is 14.5. The first-order chi connectivity index (χ1) is 12.2. The summed E-state index contributed by atoms with van der Waals surface area (Å²) >= 11 is 0. The van der Waals surface area contributed by atoms with Crippen molar-refractivity contribution in [1.29, 1.82) is 0 Å². The monoisotopic (exact) mass is 343 g/mol. The van der Waals surface area contributed by atoms with Crippen LogP contribution in [0.15, 0.2) is 42.7 Å². The molecular formula is C19H25N3O3. The van der Waals surface area contributed by atoms with Crippen LogP contribution in [0.1, 0.15) is 30.8 Å². The van der Waals surface area contributed by atoms with Crippen molar-refractivity contribution in [2.45, 2.75) is 32.5 Å². The van der Waals surface area contributed by atoms with Crippen LogP contribution in [0.5, 0.6) is 0 Å². The fourth-order valence-corrected chi connectivity index (χ4v) is 3.37. The quantitative estimate of drug-likeness (QED) is 0.835. The first-order valence-corrected chi connectivity index (χ1v) is 8.80. The number of aryl methyl sites for hydroxylation is 1. The second kappa shape index (κ2) is 8.27. The second-order valence-corrected chi connectivity index (χ2v) is 6.23. The van der Waals surface area contributed by atoms with E-state index in [-0.39, 0.29) is 24.5 Å². The van der Waals surface area contributed by atoms with Gasteiger partial charge in [0.1, 0.15) is 11.9 Å². The molecule has 1 N–H and O–H groups in total. The van der Waals surface area contributed by atoms with Gasteiger partial charge in [-0.3, -0.25) is 4.79 Å². The van der Waals surface area contributed by atoms with E-state index in [4.69, 9.17) is 4.74 Å². The van der Waals surface area contributed by atoms with E-state index in [9.17, 15) is 9.90 Å². The number of ether oxygens (including phenoxy) is 1. The lowest BCUT2D eigenvalue weighted by molar-refractivity contribution is -0.138. The van der Waals surface area contributed by atoms with Crippen LogP contribution in [0.2, 0.25) is 0 Å². The molecule has 1 aliphatic rings. The van der Waals surface area contributed by atoms with Gasteiger partial charge in [0, 0.05) is 38.6 Å². The van der Waals surface area contributed by atoms with E-state index in [0.717, 1.165) is 17.9 Å². The molecule has 1 aliphatic heterocycles. The zero-order chi connectivity index (χ0) is 17.6. The van der Waals surface area contributed by atoms with Crippen LogP contribution in [-0.4, -0.2) is 45.2 Å². The van der Waals surface area contributed by atoms with Crippen molar-refractivity contribution in [3.63, 3.8) is 0 Å². The predicted octanol–water partition coefficient (Wildman–Crippen LogP) is 2.00. The Labute approximate surface area is 148 Å². The minimum atomic E-state index is -0.320. The fraction of sp³-hybridized carbons (Fsp3) is 0.474. The highest BCUT2D eigenvalue weighted by atomic mass is 16.5. The number of carbonyl (C=O) groups excluding carboxylic acids is 1. The predicted molar refractivity (Wildman–Crippen MR) is 93.6 cm³/mol. The van der Waals surface area contributed by atoms with Gasteiger partial charge in [0.15, 0.2) is 0 Å². The third-order valence-electron chi connectivity index (χ3n) is 4.65. The molecule has 0 aliphatic carbocycles. The van der Waals surface area contributed by atoms with Gasteiger partial charge in [-0.15, -0.1) is 0 Å². The molecule has 1 aromatic carbocycles. The number of aliphatic hydroxyl groups excluding tert-OH is 1. The average Bonchev–Trinajstić information content (AvgIpc) is 3.30. The average molecular weight is 343 g/mol. The summed E-state index contributed by atoms with van der Waals surface area (Å²) in [4.78, 5) is 19.3. The van der Waals surface area contributed by atoms with E-state index < -0.39 is 0 Å². The number of benzene rings is 1. The highest BCUT2D eigenvalue weighted by Gasteiger charge is 2.39. The molecule has 6 nitrogen and oxygen atoms in total. The summed E-state index contributed by atoms with van der Waals surface area (Å²) in [6, 6.07) is 9.84. The van der Waals surface area contributed by atoms with Crippen LogP contribution in [-0.2, 0) is 22.6 Å². The number of amides is 1. The third kappa shape index (κ3) is 3.91. The van der Waals surface area contributed by atoms with Crippen molar-refractivity contribution in [3.8, 4) is 0 Å². The number of hydrogen-bond donors (Lipinski definition) is 1. The van der Waals surface area contributed by atoms with E-state index in [1.54, 1.807) is 11.1 Å². The van der Waals surface area contributed by atoms with E-state index in [1.807, 2.05) is 48.0 Å². The number of rotatable bonds is 7. The highest BCUT2D eigenvalue weighted by Crippen LogP contribution is 2.35. The maximum Gasteiger partial charge on any atom is 0.229 e. The Morgan fingerprint density at radius 3 is 2.92 bits per heavy atom. The Kier molecular flexibility index (Phi) is 5.83. The van der Waals surface area contributed by atoms with Gasteiger partial charge in [0.05, 0.1) is 12.5 Å². The Hall–Kier alpha value is -2.18. The maximum absolute atomic E-state index is 13.1. The molecule has 134 valence electrons. The normalized spacial score (nSPS) is 19.9. The smallest absolute Gasteiger partial charge is 0.229 e. The number of nitrogens with zero attached hydrogens (tertiary/aromatic N) is 3. The van der Waals surface area contributed by atoms with Crippen molar-refractivity contribution in [3.05, 3.63) is 54.1 Å². The van der Waals surface area contributed by atoms with Crippen LogP contribution >= 0.6 is 0 Å². The lowest BCUT2D eigenvalue weighted by atomic mass is 9.98. The number of hydrogen-bond acceptors (Lipinski definition) is 4. The van der Waals surface area contributed by atoms with Crippen molar-refractivity contribution >= 4 is 5.91 Å². The van der Waals surface area contributed by atoms with Gasteiger partial charge < -0.3 is 19.3 Å². The summed E-state index contributed by atoms with van der Waals surface area (Å²) in [6.07, 6.45) is 4.02. The largest absolute Gasteiger partial charge is 0.395 e. The lowest BCUT2D eigenvalue weighted by Gasteiger charge is -2.27. The zero-order valence-corrected chi connectivity index (χ0v) is 14.5. The number of carbonyl (C=O) groups is 1. The Bertz CT molecular complexity index is 686. The van der Waals surface area contributed by atoms with Crippen molar-refractivity contribution < 1.29 is 14.6 Å². The molecule has 2 atom stereocenters. The summed E-state index contributed by atoms with van der Waals surface area (Å²) in [6.45, 7) is 4.14. The summed E-state index contributed by atoms with van der Waals surface area (Å²) < 4.78 is 7.88. The number of imidazole rings is 1. The molecule has 0 saturated carbocycles. The first kappa shape index (κ1) is 17.6. The molecule has 1 saturated heterocycles. The SMILES string of the molecule is CCn1ccnc1[C@@H]1OCC[C@H]1C(=O)N(CCO)Cc1ccccc1. The Morgan fingerprint density at radius 1 is 1.40 bits per heavy atom. The molecule has 0 unspecified atom stereocenters. The molecule has 0 radical (unpaired) electrons. The van der Waals surface area contributed by atoms with Gasteiger partial charge in [-0.2, -0.15) is 0 Å². The number of aliphatic hydroxyl groups is 1. The minimum Gasteiger partial charge on any atom is -0.395 e. The fourth-order valence-electron chi connectivity index (χ4n) is 3.37. The molecule has 2 aromatic rings. The van der Waals surface area contributed by atoms with Gasteiger partial charge in [0.2, 0.25) is 5.91 Å². The highest BCUT2D eigenvalue weighted by molar-refractivity contribution is 5.80. The standard InChI is InChI=1S/C19H25N3O3/c1-2-21-10-9-20-18(21)17-16(8-13-25-17)19(24)22(11-12-23)14-15-6-4-3-5-7-15/h3-7,9-10,16-17,23H,2,8,11-14H2,1H3/t16-,17-/m1/s1. The summed E-state index contributed by atoms with van der Waals surface area (Å²) in [5.41, 5.74) is 1.05.